The molecule has 10 nitrogen and oxygen atoms in total. The van der Waals surface area contributed by atoms with Gasteiger partial charge >= 0.3 is 12.1 Å². The van der Waals surface area contributed by atoms with E-state index >= 15 is 0 Å². The summed E-state index contributed by atoms with van der Waals surface area (Å²) < 4.78 is 12.9. The predicted molar refractivity (Wildman–Crippen MR) is 151 cm³/mol. The minimum atomic E-state index is -1.25. The van der Waals surface area contributed by atoms with Crippen LogP contribution in [0.5, 0.6) is 0 Å². The summed E-state index contributed by atoms with van der Waals surface area (Å²) >= 11 is 0. The van der Waals surface area contributed by atoms with Gasteiger partial charge in [-0.2, -0.15) is 5.10 Å². The number of nitrogens with one attached hydrogen (secondary N) is 2. The third-order valence-electron chi connectivity index (χ3n) is 7.03. The molecule has 2 unspecified atom stereocenters. The normalized spacial score (nSPS) is 13.5. The lowest BCUT2D eigenvalue weighted by Gasteiger charge is -2.24. The van der Waals surface area contributed by atoms with E-state index in [0.29, 0.717) is 0 Å². The zero-order chi connectivity index (χ0) is 28.9. The summed E-state index contributed by atoms with van der Waals surface area (Å²) in [4.78, 5) is 38.1. The molecular weight excluding hydrogens is 524 g/mol. The number of carbonyl (C=O) groups excluding carboxylic acids is 2. The van der Waals surface area contributed by atoms with E-state index in [1.54, 1.807) is 14.0 Å². The Balaban J connectivity index is 1.30. The zero-order valence-electron chi connectivity index (χ0n) is 22.6. The summed E-state index contributed by atoms with van der Waals surface area (Å²) in [6.45, 7) is 1.91. The largest absolute Gasteiger partial charge is 0.477 e. The number of aromatic nitrogens is 2. The highest BCUT2D eigenvalue weighted by Gasteiger charge is 2.32. The van der Waals surface area contributed by atoms with Crippen molar-refractivity contribution in [2.75, 3.05) is 11.9 Å². The molecule has 2 atom stereocenters. The maximum absolute atomic E-state index is 13.4. The monoisotopic (exact) mass is 554 g/mol. The molecule has 2 amide bonds. The number of aryl methyl sites for hydroxylation is 1. The van der Waals surface area contributed by atoms with Crippen molar-refractivity contribution in [2.45, 2.75) is 31.6 Å². The Bertz CT molecular complexity index is 1520. The molecule has 0 spiro atoms. The van der Waals surface area contributed by atoms with E-state index in [4.69, 9.17) is 9.47 Å². The Hall–Kier alpha value is -4.96. The summed E-state index contributed by atoms with van der Waals surface area (Å²) in [7, 11) is 1.54. The highest BCUT2D eigenvalue weighted by Crippen LogP contribution is 2.44. The van der Waals surface area contributed by atoms with Crippen molar-refractivity contribution in [1.29, 1.82) is 0 Å². The lowest BCUT2D eigenvalue weighted by molar-refractivity contribution is -0.122. The SMILES string of the molecule is CC(OCc1ccccc1)C(NC(=O)OCC1c2ccccc2-c2ccccc21)C(=O)Nc1nn(C)cc1C(=O)O. The van der Waals surface area contributed by atoms with E-state index in [2.05, 4.69) is 15.7 Å². The van der Waals surface area contributed by atoms with Crippen molar-refractivity contribution in [3.8, 4) is 11.1 Å². The van der Waals surface area contributed by atoms with Crippen LogP contribution in [-0.4, -0.2) is 51.6 Å². The van der Waals surface area contributed by atoms with E-state index in [-0.39, 0.29) is 30.5 Å². The number of carbonyl (C=O) groups is 3. The van der Waals surface area contributed by atoms with Gasteiger partial charge in [0.2, 0.25) is 0 Å². The molecule has 4 aromatic rings. The van der Waals surface area contributed by atoms with E-state index in [9.17, 15) is 19.5 Å². The number of nitrogens with zero attached hydrogens (tertiary/aromatic N) is 2. The first-order chi connectivity index (χ1) is 19.8. The van der Waals surface area contributed by atoms with Crippen molar-refractivity contribution < 1.29 is 29.0 Å². The molecule has 0 saturated heterocycles. The molecule has 5 rings (SSSR count). The van der Waals surface area contributed by atoms with Gasteiger partial charge in [-0.3, -0.25) is 9.48 Å². The van der Waals surface area contributed by atoms with Crippen LogP contribution in [0.4, 0.5) is 10.6 Å². The highest BCUT2D eigenvalue weighted by molar-refractivity contribution is 6.02. The van der Waals surface area contributed by atoms with Gasteiger partial charge in [0.15, 0.2) is 5.82 Å². The van der Waals surface area contributed by atoms with Gasteiger partial charge in [0, 0.05) is 19.2 Å². The minimum absolute atomic E-state index is 0.0663. The Labute approximate surface area is 236 Å². The van der Waals surface area contributed by atoms with Gasteiger partial charge in [-0.25, -0.2) is 9.59 Å². The van der Waals surface area contributed by atoms with E-state index in [0.717, 1.165) is 27.8 Å². The van der Waals surface area contributed by atoms with Gasteiger partial charge in [-0.1, -0.05) is 78.9 Å². The number of aromatic carboxylic acids is 1. The number of carboxylic acids is 1. The predicted octanol–water partition coefficient (Wildman–Crippen LogP) is 4.57. The van der Waals surface area contributed by atoms with Crippen molar-refractivity contribution in [3.63, 3.8) is 0 Å². The second-order valence-electron chi connectivity index (χ2n) is 9.81. The average molecular weight is 555 g/mol. The third-order valence-corrected chi connectivity index (χ3v) is 7.03. The second kappa shape index (κ2) is 12.1. The zero-order valence-corrected chi connectivity index (χ0v) is 22.6. The molecule has 0 aliphatic heterocycles. The summed E-state index contributed by atoms with van der Waals surface area (Å²) in [6.07, 6.45) is -0.323. The standard InChI is InChI=1S/C31H30N4O6/c1-19(40-17-20-10-4-3-5-11-20)27(29(36)33-28-25(30(37)38)16-35(2)34-28)32-31(39)41-18-26-23-14-8-6-12-21(23)22-13-7-9-15-24(22)26/h3-16,19,26-27H,17-18H2,1-2H3,(H,32,39)(H,37,38)(H,33,34,36). The molecule has 41 heavy (non-hydrogen) atoms. The van der Waals surface area contributed by atoms with Crippen LogP contribution in [0.1, 0.15) is 39.9 Å². The van der Waals surface area contributed by atoms with Gasteiger partial charge in [-0.05, 0) is 34.7 Å². The lowest BCUT2D eigenvalue weighted by Crippen LogP contribution is -2.51. The molecule has 0 radical (unpaired) electrons. The van der Waals surface area contributed by atoms with Gasteiger partial charge in [0.05, 0.1) is 12.7 Å². The molecule has 210 valence electrons. The number of rotatable bonds is 10. The number of fused-ring (bicyclic) bond motifs is 3. The molecule has 1 aliphatic rings. The van der Waals surface area contributed by atoms with Crippen LogP contribution in [0.15, 0.2) is 85.1 Å². The van der Waals surface area contributed by atoms with Crippen LogP contribution < -0.4 is 10.6 Å². The average Bonchev–Trinajstić information content (AvgIpc) is 3.51. The quantitative estimate of drug-likeness (QED) is 0.262. The number of hydrogen-bond acceptors (Lipinski definition) is 6. The molecule has 1 heterocycles. The number of carboxylic acid groups (broad SMARTS) is 1. The van der Waals surface area contributed by atoms with E-state index in [1.807, 2.05) is 78.9 Å². The van der Waals surface area contributed by atoms with Gasteiger partial charge < -0.3 is 25.2 Å². The minimum Gasteiger partial charge on any atom is -0.477 e. The van der Waals surface area contributed by atoms with E-state index in [1.165, 1.54) is 10.9 Å². The number of benzene rings is 3. The smallest absolute Gasteiger partial charge is 0.407 e. The van der Waals surface area contributed by atoms with Crippen LogP contribution in [0.3, 0.4) is 0 Å². The number of ether oxygens (including phenoxy) is 2. The summed E-state index contributed by atoms with van der Waals surface area (Å²) in [5.74, 6) is -2.23. The summed E-state index contributed by atoms with van der Waals surface area (Å²) in [5.41, 5.74) is 5.03. The second-order valence-corrected chi connectivity index (χ2v) is 9.81. The molecule has 0 fully saturated rings. The highest BCUT2D eigenvalue weighted by atomic mass is 16.5. The number of alkyl carbamates (subject to hydrolysis) is 1. The first-order valence-electron chi connectivity index (χ1n) is 13.2. The fraction of sp³-hybridized carbons (Fsp3) is 0.226. The molecule has 3 N–H and O–H groups in total. The van der Waals surface area contributed by atoms with Crippen molar-refractivity contribution in [3.05, 3.63) is 107 Å². The summed E-state index contributed by atoms with van der Waals surface area (Å²) in [5, 5.41) is 18.7. The van der Waals surface area contributed by atoms with E-state index < -0.39 is 30.1 Å². The molecule has 1 aliphatic carbocycles. The Kier molecular flexibility index (Phi) is 8.11. The molecule has 0 saturated carbocycles. The van der Waals surface area contributed by atoms with Gasteiger partial charge in [0.1, 0.15) is 18.2 Å². The van der Waals surface area contributed by atoms with Gasteiger partial charge in [0.25, 0.3) is 5.91 Å². The van der Waals surface area contributed by atoms with Crippen molar-refractivity contribution in [1.82, 2.24) is 15.1 Å². The first-order valence-corrected chi connectivity index (χ1v) is 13.2. The lowest BCUT2D eigenvalue weighted by atomic mass is 9.98. The fourth-order valence-electron chi connectivity index (χ4n) is 4.99. The Morgan fingerprint density at radius 3 is 2.20 bits per heavy atom. The van der Waals surface area contributed by atoms with Crippen molar-refractivity contribution in [2.24, 2.45) is 7.05 Å². The number of anilines is 1. The molecule has 1 aromatic heterocycles. The van der Waals surface area contributed by atoms with Crippen molar-refractivity contribution >= 4 is 23.8 Å². The Morgan fingerprint density at radius 2 is 1.56 bits per heavy atom. The topological polar surface area (TPSA) is 132 Å². The van der Waals surface area contributed by atoms with Crippen LogP contribution in [0, 0.1) is 0 Å². The van der Waals surface area contributed by atoms with Gasteiger partial charge in [-0.15, -0.1) is 0 Å². The molecular formula is C31H30N4O6. The first kappa shape index (κ1) is 27.6. The van der Waals surface area contributed by atoms with Crippen LogP contribution in [-0.2, 0) is 27.9 Å². The summed E-state index contributed by atoms with van der Waals surface area (Å²) in [6, 6.07) is 24.2. The van der Waals surface area contributed by atoms with Crippen LogP contribution in [0.2, 0.25) is 0 Å². The van der Waals surface area contributed by atoms with Crippen LogP contribution in [0.25, 0.3) is 11.1 Å². The third kappa shape index (κ3) is 6.12. The molecule has 10 heteroatoms. The fourth-order valence-corrected chi connectivity index (χ4v) is 4.99. The number of hydrogen-bond donors (Lipinski definition) is 3. The number of amides is 2. The van der Waals surface area contributed by atoms with Crippen LogP contribution >= 0.6 is 0 Å². The molecule has 0 bridgehead atoms. The molecule has 3 aromatic carbocycles. The maximum Gasteiger partial charge on any atom is 0.407 e. The Morgan fingerprint density at radius 1 is 0.951 bits per heavy atom. The maximum atomic E-state index is 13.4.